The van der Waals surface area contributed by atoms with E-state index in [1.54, 1.807) is 18.2 Å². The minimum absolute atomic E-state index is 0.209. The molecule has 94 valence electrons. The second kappa shape index (κ2) is 4.77. The molecule has 1 N–H and O–H groups in total. The Hall–Kier alpha value is -1.90. The van der Waals surface area contributed by atoms with Crippen LogP contribution < -0.4 is 0 Å². The molecule has 1 aliphatic carbocycles. The second-order valence-corrected chi connectivity index (χ2v) is 4.64. The van der Waals surface area contributed by atoms with Crippen molar-refractivity contribution in [1.29, 1.82) is 0 Å². The van der Waals surface area contributed by atoms with Gasteiger partial charge in [0.2, 0.25) is 5.78 Å². The summed E-state index contributed by atoms with van der Waals surface area (Å²) in [5.74, 6) is -1.01. The fourth-order valence-corrected chi connectivity index (χ4v) is 2.16. The van der Waals surface area contributed by atoms with E-state index < -0.39 is 5.78 Å². The van der Waals surface area contributed by atoms with Crippen molar-refractivity contribution in [1.82, 2.24) is 0 Å². The van der Waals surface area contributed by atoms with Gasteiger partial charge in [0.25, 0.3) is 0 Å². The number of carbonyl (C=O) groups is 2. The number of benzene rings is 1. The summed E-state index contributed by atoms with van der Waals surface area (Å²) in [4.78, 5) is 24.2. The summed E-state index contributed by atoms with van der Waals surface area (Å²) < 4.78 is 0. The number of unbranched alkanes of at least 4 members (excludes halogenated alkanes) is 1. The Labute approximate surface area is 106 Å². The van der Waals surface area contributed by atoms with Crippen molar-refractivity contribution in [3.8, 4) is 0 Å². The first-order chi connectivity index (χ1) is 8.56. The quantitative estimate of drug-likeness (QED) is 0.886. The van der Waals surface area contributed by atoms with E-state index in [-0.39, 0.29) is 17.1 Å². The molecular formula is C15H16O3. The lowest BCUT2D eigenvalue weighted by Gasteiger charge is -2.17. The molecule has 0 fully saturated rings. The van der Waals surface area contributed by atoms with Crippen LogP contribution in [0.2, 0.25) is 0 Å². The van der Waals surface area contributed by atoms with Crippen molar-refractivity contribution < 1.29 is 14.7 Å². The van der Waals surface area contributed by atoms with Gasteiger partial charge in [0.1, 0.15) is 0 Å². The molecule has 0 atom stereocenters. The van der Waals surface area contributed by atoms with Crippen molar-refractivity contribution >= 4 is 11.6 Å². The Morgan fingerprint density at radius 1 is 1.11 bits per heavy atom. The summed E-state index contributed by atoms with van der Waals surface area (Å²) in [6.07, 6.45) is 2.17. The zero-order valence-corrected chi connectivity index (χ0v) is 10.6. The van der Waals surface area contributed by atoms with Gasteiger partial charge in [-0.1, -0.05) is 25.0 Å². The summed E-state index contributed by atoms with van der Waals surface area (Å²) in [6, 6.07) is 5.10. The Morgan fingerprint density at radius 3 is 2.50 bits per heavy atom. The topological polar surface area (TPSA) is 54.4 Å². The van der Waals surface area contributed by atoms with Gasteiger partial charge in [-0.25, -0.2) is 0 Å². The van der Waals surface area contributed by atoms with Crippen molar-refractivity contribution in [2.45, 2.75) is 33.1 Å². The molecule has 0 saturated heterocycles. The van der Waals surface area contributed by atoms with Crippen LogP contribution in [-0.2, 0) is 0 Å². The summed E-state index contributed by atoms with van der Waals surface area (Å²) >= 11 is 0. The van der Waals surface area contributed by atoms with Crippen LogP contribution >= 0.6 is 0 Å². The van der Waals surface area contributed by atoms with E-state index in [1.165, 1.54) is 0 Å². The molecule has 2 rings (SSSR count). The molecule has 0 unspecified atom stereocenters. The highest BCUT2D eigenvalue weighted by Gasteiger charge is 2.31. The lowest BCUT2D eigenvalue weighted by Crippen LogP contribution is -2.22. The van der Waals surface area contributed by atoms with Crippen molar-refractivity contribution in [3.05, 3.63) is 46.2 Å². The van der Waals surface area contributed by atoms with Gasteiger partial charge in [-0.3, -0.25) is 9.59 Å². The highest BCUT2D eigenvalue weighted by molar-refractivity contribution is 6.26. The van der Waals surface area contributed by atoms with Gasteiger partial charge in [-0.2, -0.15) is 0 Å². The molecule has 0 amide bonds. The van der Waals surface area contributed by atoms with Gasteiger partial charge in [0.15, 0.2) is 11.5 Å². The van der Waals surface area contributed by atoms with Crippen LogP contribution in [0.1, 0.15) is 52.5 Å². The first-order valence-corrected chi connectivity index (χ1v) is 6.18. The van der Waals surface area contributed by atoms with Crippen LogP contribution in [0.3, 0.4) is 0 Å². The van der Waals surface area contributed by atoms with Crippen LogP contribution in [0.25, 0.3) is 0 Å². The Balaban J connectivity index is 2.50. The molecule has 0 heterocycles. The number of Topliss-reactive ketones (excluding diaryl/α,β-unsaturated/α-hetero) is 2. The van der Waals surface area contributed by atoms with Crippen molar-refractivity contribution in [2.24, 2.45) is 0 Å². The molecule has 0 bridgehead atoms. The van der Waals surface area contributed by atoms with Crippen LogP contribution in [0.15, 0.2) is 29.5 Å². The molecule has 0 saturated carbocycles. The van der Waals surface area contributed by atoms with Gasteiger partial charge >= 0.3 is 0 Å². The SMILES string of the molecule is CCCCC1=C(O)C(=O)c2ccc(C)cc2C1=O. The second-order valence-electron chi connectivity index (χ2n) is 4.64. The highest BCUT2D eigenvalue weighted by Crippen LogP contribution is 2.28. The molecule has 3 nitrogen and oxygen atoms in total. The standard InChI is InChI=1S/C15H16O3/c1-3-4-5-11-13(16)12-8-9(2)6-7-10(12)14(17)15(11)18/h6-8,18H,3-5H2,1-2H3. The van der Waals surface area contributed by atoms with E-state index in [9.17, 15) is 14.7 Å². The summed E-state index contributed by atoms with van der Waals surface area (Å²) in [7, 11) is 0. The van der Waals surface area contributed by atoms with Crippen molar-refractivity contribution in [3.63, 3.8) is 0 Å². The molecule has 0 spiro atoms. The number of hydrogen-bond donors (Lipinski definition) is 1. The number of fused-ring (bicyclic) bond motifs is 1. The zero-order valence-electron chi connectivity index (χ0n) is 10.6. The Morgan fingerprint density at radius 2 is 1.83 bits per heavy atom. The Bertz CT molecular complexity index is 553. The number of aryl methyl sites for hydroxylation is 1. The average molecular weight is 244 g/mol. The number of aliphatic hydroxyl groups excluding tert-OH is 1. The van der Waals surface area contributed by atoms with Crippen LogP contribution in [0.4, 0.5) is 0 Å². The van der Waals surface area contributed by atoms with E-state index >= 15 is 0 Å². The Kier molecular flexibility index (Phi) is 3.32. The van der Waals surface area contributed by atoms with E-state index in [1.807, 2.05) is 13.8 Å². The van der Waals surface area contributed by atoms with E-state index in [0.717, 1.165) is 18.4 Å². The number of carbonyl (C=O) groups excluding carboxylic acids is 2. The fourth-order valence-electron chi connectivity index (χ4n) is 2.16. The third kappa shape index (κ3) is 1.96. The van der Waals surface area contributed by atoms with Crippen LogP contribution in [0.5, 0.6) is 0 Å². The molecule has 3 heteroatoms. The predicted molar refractivity (Wildman–Crippen MR) is 69.0 cm³/mol. The number of ketones is 2. The van der Waals surface area contributed by atoms with E-state index in [2.05, 4.69) is 0 Å². The maximum absolute atomic E-state index is 12.3. The summed E-state index contributed by atoms with van der Waals surface area (Å²) in [5, 5.41) is 9.86. The van der Waals surface area contributed by atoms with Gasteiger partial charge in [-0.05, 0) is 31.9 Å². The molecular weight excluding hydrogens is 228 g/mol. The number of aliphatic hydroxyl groups is 1. The first-order valence-electron chi connectivity index (χ1n) is 6.18. The lowest BCUT2D eigenvalue weighted by atomic mass is 9.85. The minimum atomic E-state index is -0.435. The van der Waals surface area contributed by atoms with Gasteiger partial charge in [0, 0.05) is 16.7 Å². The maximum Gasteiger partial charge on any atom is 0.228 e. The number of allylic oxidation sites excluding steroid dienone is 2. The van der Waals surface area contributed by atoms with Gasteiger partial charge < -0.3 is 5.11 Å². The summed E-state index contributed by atoms with van der Waals surface area (Å²) in [5.41, 5.74) is 1.93. The molecule has 0 radical (unpaired) electrons. The zero-order chi connectivity index (χ0) is 13.3. The maximum atomic E-state index is 12.3. The third-order valence-electron chi connectivity index (χ3n) is 3.22. The monoisotopic (exact) mass is 244 g/mol. The van der Waals surface area contributed by atoms with Crippen LogP contribution in [0, 0.1) is 6.92 Å². The molecule has 18 heavy (non-hydrogen) atoms. The highest BCUT2D eigenvalue weighted by atomic mass is 16.3. The molecule has 1 aromatic rings. The average Bonchev–Trinajstić information content (AvgIpc) is 2.36. The minimum Gasteiger partial charge on any atom is -0.504 e. The first kappa shape index (κ1) is 12.6. The number of hydrogen-bond acceptors (Lipinski definition) is 3. The number of rotatable bonds is 3. The van der Waals surface area contributed by atoms with Crippen LogP contribution in [-0.4, -0.2) is 16.7 Å². The van der Waals surface area contributed by atoms with E-state index in [0.29, 0.717) is 17.5 Å². The predicted octanol–water partition coefficient (Wildman–Crippen LogP) is 3.38. The van der Waals surface area contributed by atoms with Gasteiger partial charge in [0.05, 0.1) is 0 Å². The molecule has 1 aliphatic rings. The van der Waals surface area contributed by atoms with Crippen molar-refractivity contribution in [2.75, 3.05) is 0 Å². The fraction of sp³-hybridized carbons (Fsp3) is 0.333. The summed E-state index contributed by atoms with van der Waals surface area (Å²) in [6.45, 7) is 3.88. The van der Waals surface area contributed by atoms with E-state index in [4.69, 9.17) is 0 Å². The van der Waals surface area contributed by atoms with Gasteiger partial charge in [-0.15, -0.1) is 0 Å². The molecule has 1 aromatic carbocycles. The molecule has 0 aliphatic heterocycles. The smallest absolute Gasteiger partial charge is 0.228 e. The molecule has 0 aromatic heterocycles. The lowest BCUT2D eigenvalue weighted by molar-refractivity contribution is 0.0926. The third-order valence-corrected chi connectivity index (χ3v) is 3.22. The normalized spacial score (nSPS) is 15.0. The largest absolute Gasteiger partial charge is 0.504 e.